The van der Waals surface area contributed by atoms with E-state index in [0.29, 0.717) is 37.1 Å². The van der Waals surface area contributed by atoms with Crippen molar-refractivity contribution in [3.8, 4) is 11.4 Å². The molecule has 2 aromatic carbocycles. The number of β-amino-alcohol motifs (C(OH)–C–C–N with tert-alkyl or cyclic N) is 1. The molecule has 9 heteroatoms. The lowest BCUT2D eigenvalue weighted by atomic mass is 9.94. The van der Waals surface area contributed by atoms with Gasteiger partial charge in [-0.1, -0.05) is 24.3 Å². The van der Waals surface area contributed by atoms with Crippen LogP contribution >= 0.6 is 0 Å². The zero-order valence-electron chi connectivity index (χ0n) is 22.6. The SMILES string of the molecule is CN(C)c1ccc(-c2nc(NC3COC3)cc(C(=O)N3CC[C@@H](N4CCc5ccccc5C4)[C@H](O)C3)n2)cc1. The van der Waals surface area contributed by atoms with Crippen molar-refractivity contribution in [1.29, 1.82) is 0 Å². The van der Waals surface area contributed by atoms with Gasteiger partial charge in [0, 0.05) is 63.6 Å². The van der Waals surface area contributed by atoms with E-state index in [-0.39, 0.29) is 24.5 Å². The van der Waals surface area contributed by atoms with E-state index < -0.39 is 6.10 Å². The normalized spacial score (nSPS) is 21.7. The highest BCUT2D eigenvalue weighted by Gasteiger charge is 2.36. The number of piperidine rings is 1. The number of benzene rings is 2. The molecule has 1 aromatic heterocycles. The molecular weight excluding hydrogens is 492 g/mol. The van der Waals surface area contributed by atoms with Gasteiger partial charge in [0.15, 0.2) is 5.82 Å². The summed E-state index contributed by atoms with van der Waals surface area (Å²) >= 11 is 0. The number of hydrogen-bond acceptors (Lipinski definition) is 8. The predicted molar refractivity (Wildman–Crippen MR) is 151 cm³/mol. The molecule has 0 bridgehead atoms. The molecule has 0 saturated carbocycles. The van der Waals surface area contributed by atoms with Gasteiger partial charge in [0.1, 0.15) is 11.5 Å². The third kappa shape index (κ3) is 5.48. The second-order valence-electron chi connectivity index (χ2n) is 10.9. The van der Waals surface area contributed by atoms with Gasteiger partial charge in [-0.3, -0.25) is 9.69 Å². The van der Waals surface area contributed by atoms with Crippen LogP contribution in [0.25, 0.3) is 11.4 Å². The zero-order chi connectivity index (χ0) is 26.9. The molecule has 3 aliphatic rings. The van der Waals surface area contributed by atoms with Gasteiger partial charge < -0.3 is 25.0 Å². The average Bonchev–Trinajstić information content (AvgIpc) is 2.94. The van der Waals surface area contributed by atoms with Crippen molar-refractivity contribution in [2.24, 2.45) is 0 Å². The van der Waals surface area contributed by atoms with Crippen LogP contribution in [0.1, 0.15) is 28.0 Å². The highest BCUT2D eigenvalue weighted by molar-refractivity contribution is 5.93. The molecule has 2 N–H and O–H groups in total. The van der Waals surface area contributed by atoms with Crippen LogP contribution < -0.4 is 10.2 Å². The second kappa shape index (κ2) is 10.9. The third-order valence-corrected chi connectivity index (χ3v) is 8.04. The topological polar surface area (TPSA) is 94.1 Å². The maximum atomic E-state index is 13.7. The van der Waals surface area contributed by atoms with Gasteiger partial charge in [-0.25, -0.2) is 9.97 Å². The zero-order valence-corrected chi connectivity index (χ0v) is 22.6. The number of rotatable bonds is 6. The Bertz CT molecular complexity index is 1330. The molecule has 6 rings (SSSR count). The molecule has 4 heterocycles. The molecule has 204 valence electrons. The lowest BCUT2D eigenvalue weighted by Gasteiger charge is -2.43. The van der Waals surface area contributed by atoms with Crippen LogP contribution in [0, 0.1) is 0 Å². The van der Waals surface area contributed by atoms with Gasteiger partial charge >= 0.3 is 0 Å². The molecule has 1 amide bonds. The Morgan fingerprint density at radius 3 is 2.51 bits per heavy atom. The maximum absolute atomic E-state index is 13.7. The van der Waals surface area contributed by atoms with E-state index in [1.165, 1.54) is 11.1 Å². The van der Waals surface area contributed by atoms with Crippen LogP contribution in [-0.4, -0.2) is 95.9 Å². The van der Waals surface area contributed by atoms with Crippen LogP contribution in [0.5, 0.6) is 0 Å². The smallest absolute Gasteiger partial charge is 0.272 e. The van der Waals surface area contributed by atoms with Crippen molar-refractivity contribution in [2.75, 3.05) is 57.2 Å². The molecule has 0 unspecified atom stereocenters. The fourth-order valence-electron chi connectivity index (χ4n) is 5.69. The average molecular weight is 529 g/mol. The van der Waals surface area contributed by atoms with Crippen LogP contribution in [-0.2, 0) is 17.7 Å². The number of carbonyl (C=O) groups is 1. The molecule has 0 radical (unpaired) electrons. The van der Waals surface area contributed by atoms with Crippen molar-refractivity contribution >= 4 is 17.4 Å². The highest BCUT2D eigenvalue weighted by Crippen LogP contribution is 2.27. The summed E-state index contributed by atoms with van der Waals surface area (Å²) < 4.78 is 5.30. The summed E-state index contributed by atoms with van der Waals surface area (Å²) in [6.45, 7) is 3.86. The minimum atomic E-state index is -0.613. The van der Waals surface area contributed by atoms with E-state index in [1.54, 1.807) is 11.0 Å². The molecule has 0 aliphatic carbocycles. The van der Waals surface area contributed by atoms with Crippen molar-refractivity contribution in [3.05, 3.63) is 71.4 Å². The Kier molecular flexibility index (Phi) is 7.20. The summed E-state index contributed by atoms with van der Waals surface area (Å²) in [5.74, 6) is 0.921. The molecule has 0 spiro atoms. The quantitative estimate of drug-likeness (QED) is 0.505. The van der Waals surface area contributed by atoms with E-state index >= 15 is 0 Å². The number of aromatic nitrogens is 2. The summed E-state index contributed by atoms with van der Waals surface area (Å²) in [6, 6.07) is 18.4. The molecule has 39 heavy (non-hydrogen) atoms. The number of aliphatic hydroxyl groups is 1. The first-order valence-electron chi connectivity index (χ1n) is 13.7. The van der Waals surface area contributed by atoms with E-state index in [0.717, 1.165) is 37.2 Å². The molecule has 3 aromatic rings. The summed E-state index contributed by atoms with van der Waals surface area (Å²) in [5, 5.41) is 14.5. The fraction of sp³-hybridized carbons (Fsp3) is 0.433. The minimum absolute atomic E-state index is 0.0365. The van der Waals surface area contributed by atoms with Gasteiger partial charge in [-0.05, 0) is 48.2 Å². The number of aliphatic hydroxyl groups excluding tert-OH is 1. The van der Waals surface area contributed by atoms with Gasteiger partial charge in [-0.2, -0.15) is 0 Å². The molecule has 2 fully saturated rings. The molecular formula is C30H36N6O3. The molecule has 9 nitrogen and oxygen atoms in total. The Morgan fingerprint density at radius 1 is 1.05 bits per heavy atom. The van der Waals surface area contributed by atoms with E-state index in [4.69, 9.17) is 9.72 Å². The first-order valence-corrected chi connectivity index (χ1v) is 13.7. The first-order chi connectivity index (χ1) is 18.9. The summed E-state index contributed by atoms with van der Waals surface area (Å²) in [4.78, 5) is 29.2. The Balaban J connectivity index is 1.19. The molecule has 3 aliphatic heterocycles. The predicted octanol–water partition coefficient (Wildman–Crippen LogP) is 2.65. The van der Waals surface area contributed by atoms with Crippen LogP contribution in [0.15, 0.2) is 54.6 Å². The molecule has 2 atom stereocenters. The number of ether oxygens (including phenoxy) is 1. The Morgan fingerprint density at radius 2 is 1.82 bits per heavy atom. The number of nitrogens with one attached hydrogen (secondary N) is 1. The van der Waals surface area contributed by atoms with E-state index in [2.05, 4.69) is 39.5 Å². The number of likely N-dealkylation sites (tertiary alicyclic amines) is 1. The number of anilines is 2. The van der Waals surface area contributed by atoms with Crippen molar-refractivity contribution < 1.29 is 14.6 Å². The van der Waals surface area contributed by atoms with Gasteiger partial charge in [-0.15, -0.1) is 0 Å². The first kappa shape index (κ1) is 25.7. The van der Waals surface area contributed by atoms with Crippen LogP contribution in [0.4, 0.5) is 11.5 Å². The minimum Gasteiger partial charge on any atom is -0.390 e. The Hall–Kier alpha value is -3.53. The summed E-state index contributed by atoms with van der Waals surface area (Å²) in [5.41, 5.74) is 4.97. The standard InChI is InChI=1S/C30H36N6O3/c1-34(2)24-9-7-21(8-10-24)29-32-25(15-28(33-29)31-23-18-39-19-23)30(38)36-14-12-26(27(37)17-36)35-13-11-20-5-3-4-6-22(20)16-35/h3-10,15,23,26-27,37H,11-14,16-19H2,1-2H3,(H,31,32,33)/t26-,27-/m1/s1. The van der Waals surface area contributed by atoms with E-state index in [1.807, 2.05) is 43.3 Å². The Labute approximate surface area is 229 Å². The van der Waals surface area contributed by atoms with Crippen molar-refractivity contribution in [2.45, 2.75) is 37.6 Å². The highest BCUT2D eigenvalue weighted by atomic mass is 16.5. The summed E-state index contributed by atoms with van der Waals surface area (Å²) in [6.07, 6.45) is 1.10. The monoisotopic (exact) mass is 528 g/mol. The fourth-order valence-corrected chi connectivity index (χ4v) is 5.69. The lowest BCUT2D eigenvalue weighted by Crippen LogP contribution is -2.56. The lowest BCUT2D eigenvalue weighted by molar-refractivity contribution is -0.0139. The number of nitrogens with zero attached hydrogens (tertiary/aromatic N) is 5. The second-order valence-corrected chi connectivity index (χ2v) is 10.9. The van der Waals surface area contributed by atoms with E-state index in [9.17, 15) is 9.90 Å². The van der Waals surface area contributed by atoms with Crippen molar-refractivity contribution in [3.63, 3.8) is 0 Å². The third-order valence-electron chi connectivity index (χ3n) is 8.04. The number of amides is 1. The van der Waals surface area contributed by atoms with Crippen molar-refractivity contribution in [1.82, 2.24) is 19.8 Å². The van der Waals surface area contributed by atoms with Crippen LogP contribution in [0.3, 0.4) is 0 Å². The number of fused-ring (bicyclic) bond motifs is 1. The number of carbonyl (C=O) groups excluding carboxylic acids is 1. The molecule has 2 saturated heterocycles. The maximum Gasteiger partial charge on any atom is 0.272 e. The van der Waals surface area contributed by atoms with Gasteiger partial charge in [0.05, 0.1) is 25.4 Å². The van der Waals surface area contributed by atoms with Crippen LogP contribution in [0.2, 0.25) is 0 Å². The van der Waals surface area contributed by atoms with Gasteiger partial charge in [0.25, 0.3) is 5.91 Å². The summed E-state index contributed by atoms with van der Waals surface area (Å²) in [7, 11) is 3.99. The number of hydrogen-bond donors (Lipinski definition) is 2. The van der Waals surface area contributed by atoms with Gasteiger partial charge in [0.2, 0.25) is 0 Å². The largest absolute Gasteiger partial charge is 0.390 e.